The summed E-state index contributed by atoms with van der Waals surface area (Å²) < 4.78 is 14.2. The molecule has 0 radical (unpaired) electrons. The summed E-state index contributed by atoms with van der Waals surface area (Å²) in [6, 6.07) is 8.02. The molecule has 4 heteroatoms. The summed E-state index contributed by atoms with van der Waals surface area (Å²) in [4.78, 5) is 0. The number of benzene rings is 1. The van der Waals surface area contributed by atoms with E-state index in [0.717, 1.165) is 5.69 Å². The molecular formula is C9H8ClFN2. The first-order valence-corrected chi connectivity index (χ1v) is 3.62. The number of hydrogen-bond donors (Lipinski definition) is 0. The van der Waals surface area contributed by atoms with Gasteiger partial charge in [-0.2, -0.15) is 5.10 Å². The van der Waals surface area contributed by atoms with E-state index in [1.165, 1.54) is 12.1 Å². The second-order valence-corrected chi connectivity index (χ2v) is 2.43. The van der Waals surface area contributed by atoms with Crippen LogP contribution in [0.2, 0.25) is 0 Å². The minimum Gasteiger partial charge on any atom is -0.241 e. The Balaban J connectivity index is 0.000000845. The Bertz CT molecular complexity index is 356. The molecule has 2 nitrogen and oxygen atoms in total. The van der Waals surface area contributed by atoms with Gasteiger partial charge in [-0.05, 0) is 30.3 Å². The maximum atomic E-state index is 12.5. The Hall–Kier alpha value is -1.35. The highest BCUT2D eigenvalue weighted by Crippen LogP contribution is 2.06. The van der Waals surface area contributed by atoms with Crippen LogP contribution in [0.15, 0.2) is 42.7 Å². The smallest absolute Gasteiger partial charge is 0.123 e. The van der Waals surface area contributed by atoms with Gasteiger partial charge in [-0.25, -0.2) is 9.07 Å². The summed E-state index contributed by atoms with van der Waals surface area (Å²) in [5.41, 5.74) is 0.862. The van der Waals surface area contributed by atoms with E-state index < -0.39 is 0 Å². The molecule has 0 amide bonds. The fraction of sp³-hybridized carbons (Fsp3) is 0. The zero-order valence-corrected chi connectivity index (χ0v) is 7.54. The van der Waals surface area contributed by atoms with Crippen LogP contribution in [0.25, 0.3) is 5.69 Å². The van der Waals surface area contributed by atoms with Crippen molar-refractivity contribution in [1.29, 1.82) is 0 Å². The fourth-order valence-electron chi connectivity index (χ4n) is 1.02. The van der Waals surface area contributed by atoms with Gasteiger partial charge in [0.1, 0.15) is 5.82 Å². The molecule has 1 heterocycles. The second kappa shape index (κ2) is 4.05. The van der Waals surface area contributed by atoms with Crippen LogP contribution in [0, 0.1) is 5.82 Å². The topological polar surface area (TPSA) is 17.8 Å². The van der Waals surface area contributed by atoms with Gasteiger partial charge in [0.2, 0.25) is 0 Å². The van der Waals surface area contributed by atoms with Crippen molar-refractivity contribution >= 4 is 12.4 Å². The Labute approximate surface area is 81.4 Å². The Morgan fingerprint density at radius 3 is 2.38 bits per heavy atom. The number of rotatable bonds is 1. The van der Waals surface area contributed by atoms with Gasteiger partial charge in [-0.15, -0.1) is 12.4 Å². The lowest BCUT2D eigenvalue weighted by atomic mass is 10.3. The van der Waals surface area contributed by atoms with E-state index in [4.69, 9.17) is 0 Å². The predicted octanol–water partition coefficient (Wildman–Crippen LogP) is 2.43. The summed E-state index contributed by atoms with van der Waals surface area (Å²) in [7, 11) is 0. The minimum absolute atomic E-state index is 0. The number of halogens is 2. The molecule has 0 spiro atoms. The van der Waals surface area contributed by atoms with E-state index in [1.807, 2.05) is 12.3 Å². The maximum Gasteiger partial charge on any atom is 0.123 e. The van der Waals surface area contributed by atoms with Crippen molar-refractivity contribution in [3.63, 3.8) is 0 Å². The van der Waals surface area contributed by atoms with Crippen LogP contribution in [-0.2, 0) is 0 Å². The van der Waals surface area contributed by atoms with E-state index in [1.54, 1.807) is 23.0 Å². The maximum absolute atomic E-state index is 12.5. The van der Waals surface area contributed by atoms with Crippen LogP contribution in [-0.4, -0.2) is 9.78 Å². The first kappa shape index (κ1) is 9.74. The van der Waals surface area contributed by atoms with Gasteiger partial charge in [-0.3, -0.25) is 0 Å². The highest BCUT2D eigenvalue weighted by Gasteiger charge is 1.94. The SMILES string of the molecule is Cl.Fc1ccc(-n2cccn2)cc1. The summed E-state index contributed by atoms with van der Waals surface area (Å²) in [6.45, 7) is 0. The van der Waals surface area contributed by atoms with E-state index in [9.17, 15) is 4.39 Å². The van der Waals surface area contributed by atoms with E-state index >= 15 is 0 Å². The normalized spacial score (nSPS) is 9.31. The van der Waals surface area contributed by atoms with Crippen molar-refractivity contribution in [2.75, 3.05) is 0 Å². The van der Waals surface area contributed by atoms with Crippen LogP contribution in [0.4, 0.5) is 4.39 Å². The van der Waals surface area contributed by atoms with Crippen molar-refractivity contribution in [1.82, 2.24) is 9.78 Å². The average Bonchev–Trinajstić information content (AvgIpc) is 2.58. The molecular weight excluding hydrogens is 191 g/mol. The van der Waals surface area contributed by atoms with Gasteiger partial charge in [0, 0.05) is 12.4 Å². The minimum atomic E-state index is -0.231. The van der Waals surface area contributed by atoms with Crippen LogP contribution >= 0.6 is 12.4 Å². The van der Waals surface area contributed by atoms with E-state index in [0.29, 0.717) is 0 Å². The average molecular weight is 199 g/mol. The third kappa shape index (κ3) is 2.06. The molecule has 2 aromatic rings. The Morgan fingerprint density at radius 2 is 1.85 bits per heavy atom. The highest BCUT2D eigenvalue weighted by atomic mass is 35.5. The molecule has 0 aliphatic heterocycles. The van der Waals surface area contributed by atoms with Crippen molar-refractivity contribution in [3.05, 3.63) is 48.5 Å². The zero-order chi connectivity index (χ0) is 8.39. The molecule has 0 atom stereocenters. The van der Waals surface area contributed by atoms with Gasteiger partial charge in [-0.1, -0.05) is 0 Å². The number of aromatic nitrogens is 2. The Morgan fingerprint density at radius 1 is 1.15 bits per heavy atom. The second-order valence-electron chi connectivity index (χ2n) is 2.43. The van der Waals surface area contributed by atoms with Crippen LogP contribution < -0.4 is 0 Å². The molecule has 0 aliphatic carbocycles. The standard InChI is InChI=1S/C9H7FN2.ClH/c10-8-2-4-9(5-3-8)12-7-1-6-11-12;/h1-7H;1H. The molecule has 13 heavy (non-hydrogen) atoms. The fourth-order valence-corrected chi connectivity index (χ4v) is 1.02. The van der Waals surface area contributed by atoms with E-state index in [-0.39, 0.29) is 18.2 Å². The highest BCUT2D eigenvalue weighted by molar-refractivity contribution is 5.85. The molecule has 68 valence electrons. The zero-order valence-electron chi connectivity index (χ0n) is 6.72. The molecule has 0 bridgehead atoms. The van der Waals surface area contributed by atoms with Gasteiger partial charge < -0.3 is 0 Å². The Kier molecular flexibility index (Phi) is 3.03. The summed E-state index contributed by atoms with van der Waals surface area (Å²) in [5.74, 6) is -0.231. The molecule has 0 fully saturated rings. The lowest BCUT2D eigenvalue weighted by molar-refractivity contribution is 0.627. The van der Waals surface area contributed by atoms with Crippen LogP contribution in [0.3, 0.4) is 0 Å². The van der Waals surface area contributed by atoms with Crippen molar-refractivity contribution < 1.29 is 4.39 Å². The summed E-state index contributed by atoms with van der Waals surface area (Å²) >= 11 is 0. The number of hydrogen-bond acceptors (Lipinski definition) is 1. The third-order valence-electron chi connectivity index (χ3n) is 1.60. The molecule has 0 unspecified atom stereocenters. The van der Waals surface area contributed by atoms with Gasteiger partial charge in [0.15, 0.2) is 0 Å². The molecule has 0 saturated heterocycles. The summed E-state index contributed by atoms with van der Waals surface area (Å²) in [5, 5.41) is 4.01. The first-order chi connectivity index (χ1) is 5.86. The van der Waals surface area contributed by atoms with Crippen molar-refractivity contribution in [3.8, 4) is 5.69 Å². The van der Waals surface area contributed by atoms with Crippen molar-refractivity contribution in [2.24, 2.45) is 0 Å². The molecule has 0 saturated carbocycles. The van der Waals surface area contributed by atoms with Crippen molar-refractivity contribution in [2.45, 2.75) is 0 Å². The molecule has 1 aromatic heterocycles. The lowest BCUT2D eigenvalue weighted by Crippen LogP contribution is -1.93. The summed E-state index contributed by atoms with van der Waals surface area (Å²) in [6.07, 6.45) is 3.50. The lowest BCUT2D eigenvalue weighted by Gasteiger charge is -1.98. The molecule has 0 aliphatic rings. The van der Waals surface area contributed by atoms with Gasteiger partial charge >= 0.3 is 0 Å². The van der Waals surface area contributed by atoms with E-state index in [2.05, 4.69) is 5.10 Å². The quantitative estimate of drug-likeness (QED) is 0.688. The van der Waals surface area contributed by atoms with Crippen LogP contribution in [0.5, 0.6) is 0 Å². The predicted molar refractivity (Wildman–Crippen MR) is 50.8 cm³/mol. The molecule has 2 rings (SSSR count). The van der Waals surface area contributed by atoms with Gasteiger partial charge in [0.05, 0.1) is 5.69 Å². The molecule has 0 N–H and O–H groups in total. The monoisotopic (exact) mass is 198 g/mol. The largest absolute Gasteiger partial charge is 0.241 e. The molecule has 1 aromatic carbocycles. The number of nitrogens with zero attached hydrogens (tertiary/aromatic N) is 2. The first-order valence-electron chi connectivity index (χ1n) is 3.62. The van der Waals surface area contributed by atoms with Gasteiger partial charge in [0.25, 0.3) is 0 Å². The third-order valence-corrected chi connectivity index (χ3v) is 1.60. The van der Waals surface area contributed by atoms with Crippen LogP contribution in [0.1, 0.15) is 0 Å².